The van der Waals surface area contributed by atoms with Crippen LogP contribution in [0.4, 0.5) is 0 Å². The van der Waals surface area contributed by atoms with E-state index in [9.17, 15) is 0 Å². The first-order valence-electron chi connectivity index (χ1n) is 5.50. The molecule has 1 nitrogen and oxygen atoms in total. The van der Waals surface area contributed by atoms with Crippen LogP contribution in [-0.2, 0) is 6.54 Å². The normalized spacial score (nSPS) is 10.8. The molecule has 0 aliphatic carbocycles. The zero-order valence-corrected chi connectivity index (χ0v) is 10.3. The lowest BCUT2D eigenvalue weighted by atomic mass is 10.2. The van der Waals surface area contributed by atoms with Crippen LogP contribution in [0.1, 0.15) is 41.5 Å². The minimum atomic E-state index is 1.04. The smallest absolute Gasteiger partial charge is 0.0216 e. The Morgan fingerprint density at radius 2 is 2.07 bits per heavy atom. The monoisotopic (exact) mass is 211 g/mol. The van der Waals surface area contributed by atoms with E-state index in [1.807, 2.05) is 11.3 Å². The van der Waals surface area contributed by atoms with E-state index >= 15 is 0 Å². The van der Waals surface area contributed by atoms with Gasteiger partial charge in [0.05, 0.1) is 0 Å². The van der Waals surface area contributed by atoms with Crippen molar-refractivity contribution < 1.29 is 0 Å². The van der Waals surface area contributed by atoms with Crippen LogP contribution in [0.15, 0.2) is 6.07 Å². The molecule has 0 saturated carbocycles. The molecule has 0 fully saturated rings. The van der Waals surface area contributed by atoms with E-state index in [-0.39, 0.29) is 0 Å². The van der Waals surface area contributed by atoms with Gasteiger partial charge in [-0.15, -0.1) is 11.3 Å². The van der Waals surface area contributed by atoms with E-state index in [2.05, 4.69) is 32.2 Å². The van der Waals surface area contributed by atoms with Gasteiger partial charge < -0.3 is 5.32 Å². The van der Waals surface area contributed by atoms with Gasteiger partial charge in [0.1, 0.15) is 0 Å². The molecule has 0 aliphatic heterocycles. The maximum absolute atomic E-state index is 3.50. The molecule has 80 valence electrons. The molecular formula is C12H21NS. The molecule has 0 amide bonds. The highest BCUT2D eigenvalue weighted by atomic mass is 32.1. The summed E-state index contributed by atoms with van der Waals surface area (Å²) < 4.78 is 0. The van der Waals surface area contributed by atoms with Crippen LogP contribution in [0.2, 0.25) is 0 Å². The summed E-state index contributed by atoms with van der Waals surface area (Å²) in [7, 11) is 0. The van der Waals surface area contributed by atoms with Crippen LogP contribution in [0.5, 0.6) is 0 Å². The molecule has 1 aromatic heterocycles. The Bertz CT molecular complexity index is 265. The van der Waals surface area contributed by atoms with Crippen LogP contribution in [0.25, 0.3) is 0 Å². The molecule has 1 N–H and O–H groups in total. The number of nitrogens with one attached hydrogen (secondary N) is 1. The molecule has 2 heteroatoms. The minimum Gasteiger partial charge on any atom is -0.313 e. The Morgan fingerprint density at radius 3 is 2.64 bits per heavy atom. The molecule has 14 heavy (non-hydrogen) atoms. The van der Waals surface area contributed by atoms with Crippen molar-refractivity contribution in [2.75, 3.05) is 6.54 Å². The molecule has 1 rings (SSSR count). The maximum atomic E-state index is 3.50. The van der Waals surface area contributed by atoms with Crippen molar-refractivity contribution in [3.63, 3.8) is 0 Å². The minimum absolute atomic E-state index is 1.04. The first kappa shape index (κ1) is 11.7. The second kappa shape index (κ2) is 6.20. The van der Waals surface area contributed by atoms with Gasteiger partial charge in [0, 0.05) is 16.3 Å². The summed E-state index contributed by atoms with van der Waals surface area (Å²) in [5.41, 5.74) is 1.48. The SMILES string of the molecule is CCCCCNCc1cc(C)sc1C. The fourth-order valence-corrected chi connectivity index (χ4v) is 2.53. The molecule has 0 unspecified atom stereocenters. The summed E-state index contributed by atoms with van der Waals surface area (Å²) in [4.78, 5) is 2.89. The predicted molar refractivity (Wildman–Crippen MR) is 65.0 cm³/mol. The van der Waals surface area contributed by atoms with Gasteiger partial charge >= 0.3 is 0 Å². The zero-order valence-electron chi connectivity index (χ0n) is 9.52. The van der Waals surface area contributed by atoms with E-state index in [4.69, 9.17) is 0 Å². The van der Waals surface area contributed by atoms with E-state index < -0.39 is 0 Å². The first-order chi connectivity index (χ1) is 6.74. The van der Waals surface area contributed by atoms with Gasteiger partial charge in [-0.25, -0.2) is 0 Å². The number of hydrogen-bond donors (Lipinski definition) is 1. The van der Waals surface area contributed by atoms with Gasteiger partial charge in [0.15, 0.2) is 0 Å². The van der Waals surface area contributed by atoms with Gasteiger partial charge in [0.25, 0.3) is 0 Å². The third-order valence-corrected chi connectivity index (χ3v) is 3.42. The summed E-state index contributed by atoms with van der Waals surface area (Å²) in [6.45, 7) is 8.83. The Hall–Kier alpha value is -0.340. The lowest BCUT2D eigenvalue weighted by molar-refractivity contribution is 0.616. The van der Waals surface area contributed by atoms with Gasteiger partial charge in [-0.2, -0.15) is 0 Å². The van der Waals surface area contributed by atoms with Crippen LogP contribution in [-0.4, -0.2) is 6.54 Å². The fraction of sp³-hybridized carbons (Fsp3) is 0.667. The molecule has 0 aliphatic rings. The number of hydrogen-bond acceptors (Lipinski definition) is 2. The van der Waals surface area contributed by atoms with Crippen molar-refractivity contribution in [2.24, 2.45) is 0 Å². The molecule has 0 atom stereocenters. The average molecular weight is 211 g/mol. The Labute approximate surface area is 91.5 Å². The first-order valence-corrected chi connectivity index (χ1v) is 6.32. The lowest BCUT2D eigenvalue weighted by Gasteiger charge is -2.03. The summed E-state index contributed by atoms with van der Waals surface area (Å²) >= 11 is 1.90. The van der Waals surface area contributed by atoms with Crippen LogP contribution in [0, 0.1) is 13.8 Å². The maximum Gasteiger partial charge on any atom is 0.0216 e. The second-order valence-corrected chi connectivity index (χ2v) is 5.28. The fourth-order valence-electron chi connectivity index (χ4n) is 1.58. The van der Waals surface area contributed by atoms with Gasteiger partial charge in [-0.3, -0.25) is 0 Å². The van der Waals surface area contributed by atoms with Crippen LogP contribution < -0.4 is 5.32 Å². The molecule has 0 aromatic carbocycles. The molecule has 0 bridgehead atoms. The predicted octanol–water partition coefficient (Wildman–Crippen LogP) is 3.64. The van der Waals surface area contributed by atoms with Gasteiger partial charge in [-0.1, -0.05) is 19.8 Å². The number of aryl methyl sites for hydroxylation is 2. The molecule has 0 spiro atoms. The lowest BCUT2D eigenvalue weighted by Crippen LogP contribution is -2.14. The van der Waals surface area contributed by atoms with Crippen molar-refractivity contribution in [3.05, 3.63) is 21.4 Å². The molecular weight excluding hydrogens is 190 g/mol. The van der Waals surface area contributed by atoms with Crippen molar-refractivity contribution in [3.8, 4) is 0 Å². The largest absolute Gasteiger partial charge is 0.313 e. The quantitative estimate of drug-likeness (QED) is 0.708. The zero-order chi connectivity index (χ0) is 10.4. The standard InChI is InChI=1S/C12H21NS/c1-4-5-6-7-13-9-12-8-10(2)14-11(12)3/h8,13H,4-7,9H2,1-3H3. The molecule has 0 saturated heterocycles. The summed E-state index contributed by atoms with van der Waals surface area (Å²) in [6.07, 6.45) is 3.95. The van der Waals surface area contributed by atoms with E-state index in [1.165, 1.54) is 34.6 Å². The third kappa shape index (κ3) is 3.81. The summed E-state index contributed by atoms with van der Waals surface area (Å²) in [5.74, 6) is 0. The van der Waals surface area contributed by atoms with Gasteiger partial charge in [0.2, 0.25) is 0 Å². The summed E-state index contributed by atoms with van der Waals surface area (Å²) in [5, 5.41) is 3.50. The third-order valence-electron chi connectivity index (χ3n) is 2.42. The number of rotatable bonds is 6. The van der Waals surface area contributed by atoms with E-state index in [0.717, 1.165) is 13.1 Å². The van der Waals surface area contributed by atoms with Crippen molar-refractivity contribution >= 4 is 11.3 Å². The van der Waals surface area contributed by atoms with Crippen molar-refractivity contribution in [1.82, 2.24) is 5.32 Å². The van der Waals surface area contributed by atoms with Gasteiger partial charge in [-0.05, 0) is 38.4 Å². The van der Waals surface area contributed by atoms with Crippen LogP contribution >= 0.6 is 11.3 Å². The van der Waals surface area contributed by atoms with E-state index in [0.29, 0.717) is 0 Å². The Morgan fingerprint density at radius 1 is 1.29 bits per heavy atom. The number of thiophene rings is 1. The molecule has 0 radical (unpaired) electrons. The van der Waals surface area contributed by atoms with E-state index in [1.54, 1.807) is 0 Å². The second-order valence-electron chi connectivity index (χ2n) is 3.82. The summed E-state index contributed by atoms with van der Waals surface area (Å²) in [6, 6.07) is 2.30. The van der Waals surface area contributed by atoms with Crippen molar-refractivity contribution in [1.29, 1.82) is 0 Å². The Balaban J connectivity index is 2.21. The highest BCUT2D eigenvalue weighted by Crippen LogP contribution is 2.20. The topological polar surface area (TPSA) is 12.0 Å². The number of unbranched alkanes of at least 4 members (excludes halogenated alkanes) is 2. The molecule has 1 heterocycles. The van der Waals surface area contributed by atoms with Crippen molar-refractivity contribution in [2.45, 2.75) is 46.6 Å². The molecule has 1 aromatic rings. The Kier molecular flexibility index (Phi) is 5.20. The average Bonchev–Trinajstić information content (AvgIpc) is 2.45. The highest BCUT2D eigenvalue weighted by Gasteiger charge is 2.01. The van der Waals surface area contributed by atoms with Crippen LogP contribution in [0.3, 0.4) is 0 Å². The highest BCUT2D eigenvalue weighted by molar-refractivity contribution is 7.12.